The molecule has 0 heterocycles. The number of ether oxygens (including phenoxy) is 1. The van der Waals surface area contributed by atoms with Gasteiger partial charge in [-0.2, -0.15) is 0 Å². The zero-order valence-corrected chi connectivity index (χ0v) is 16.6. The Bertz CT molecular complexity index is 552. The minimum absolute atomic E-state index is 0.791. The van der Waals surface area contributed by atoms with Crippen LogP contribution in [-0.2, 0) is 4.74 Å². The molecule has 0 spiro atoms. The molecule has 0 bridgehead atoms. The predicted molar refractivity (Wildman–Crippen MR) is 107 cm³/mol. The summed E-state index contributed by atoms with van der Waals surface area (Å²) < 4.78 is 4.83. The van der Waals surface area contributed by atoms with E-state index in [1.54, 1.807) is 0 Å². The molecule has 2 N–H and O–H groups in total. The Morgan fingerprint density at radius 2 is 1.09 bits per heavy atom. The van der Waals surface area contributed by atoms with E-state index < -0.39 is 5.46 Å². The molecule has 2 aromatic rings. The third kappa shape index (κ3) is 5.74. The van der Waals surface area contributed by atoms with Gasteiger partial charge in [0.2, 0.25) is 0 Å². The fraction of sp³-hybridized carbons (Fsp3) is 0.333. The Morgan fingerprint density at radius 1 is 0.783 bits per heavy atom. The van der Waals surface area contributed by atoms with Crippen LogP contribution in [0, 0.1) is 13.8 Å². The number of benzene rings is 2. The zero-order valence-electron chi connectivity index (χ0n) is 14.2. The SMILES string of the molecule is CCOCC.Cc1ccc(P(N)(Cl)(Cl)c2ccc(C)cc2)cc1. The van der Waals surface area contributed by atoms with Crippen LogP contribution in [-0.4, -0.2) is 13.2 Å². The van der Waals surface area contributed by atoms with Gasteiger partial charge < -0.3 is 4.74 Å². The van der Waals surface area contributed by atoms with Crippen molar-refractivity contribution in [1.29, 1.82) is 0 Å². The van der Waals surface area contributed by atoms with Gasteiger partial charge in [-0.15, -0.1) is 0 Å². The van der Waals surface area contributed by atoms with E-state index in [4.69, 9.17) is 32.7 Å². The number of aryl methyl sites for hydroxylation is 2. The Kier molecular flexibility index (Phi) is 7.51. The van der Waals surface area contributed by atoms with Gasteiger partial charge in [0.1, 0.15) is 0 Å². The first-order chi connectivity index (χ1) is 10.7. The van der Waals surface area contributed by atoms with Gasteiger partial charge in [-0.3, -0.25) is 0 Å². The van der Waals surface area contributed by atoms with E-state index in [2.05, 4.69) is 0 Å². The molecule has 5 heteroatoms. The molecule has 0 amide bonds. The van der Waals surface area contributed by atoms with Crippen molar-refractivity contribution in [1.82, 2.24) is 0 Å². The minimum atomic E-state index is -3.54. The normalized spacial score (nSPS) is 12.7. The summed E-state index contributed by atoms with van der Waals surface area (Å²) in [6.45, 7) is 9.70. The van der Waals surface area contributed by atoms with Gasteiger partial charge in [-0.25, -0.2) is 0 Å². The topological polar surface area (TPSA) is 35.2 Å². The second-order valence-corrected chi connectivity index (χ2v) is 13.1. The van der Waals surface area contributed by atoms with Gasteiger partial charge in [0.05, 0.1) is 0 Å². The van der Waals surface area contributed by atoms with Crippen LogP contribution in [0.3, 0.4) is 0 Å². The third-order valence-corrected chi connectivity index (χ3v) is 8.25. The van der Waals surface area contributed by atoms with Crippen molar-refractivity contribution >= 4 is 38.6 Å². The van der Waals surface area contributed by atoms with Crippen LogP contribution in [0.25, 0.3) is 0 Å². The zero-order chi connectivity index (χ0) is 17.5. The number of nitrogens with two attached hydrogens (primary N) is 1. The van der Waals surface area contributed by atoms with Crippen LogP contribution in [0.2, 0.25) is 0 Å². The van der Waals surface area contributed by atoms with E-state index >= 15 is 0 Å². The fourth-order valence-corrected chi connectivity index (χ4v) is 5.03. The number of rotatable bonds is 4. The van der Waals surface area contributed by atoms with Gasteiger partial charge in [-0.05, 0) is 13.8 Å². The molecular weight excluding hydrogens is 348 g/mol. The van der Waals surface area contributed by atoms with E-state index in [9.17, 15) is 0 Å². The summed E-state index contributed by atoms with van der Waals surface area (Å²) in [6, 6.07) is 15.5. The molecule has 0 aromatic heterocycles. The molecule has 23 heavy (non-hydrogen) atoms. The first-order valence-electron chi connectivity index (χ1n) is 7.68. The van der Waals surface area contributed by atoms with Gasteiger partial charge >= 0.3 is 118 Å². The summed E-state index contributed by atoms with van der Waals surface area (Å²) in [5, 5.41) is 1.58. The monoisotopic (exact) mass is 373 g/mol. The molecule has 0 aliphatic heterocycles. The van der Waals surface area contributed by atoms with Crippen molar-refractivity contribution in [3.63, 3.8) is 0 Å². The molecule has 2 aromatic carbocycles. The third-order valence-electron chi connectivity index (χ3n) is 3.42. The van der Waals surface area contributed by atoms with Gasteiger partial charge in [0, 0.05) is 13.2 Å². The Balaban J connectivity index is 0.000000463. The summed E-state index contributed by atoms with van der Waals surface area (Å²) in [7, 11) is 0. The van der Waals surface area contributed by atoms with Gasteiger partial charge in [0.15, 0.2) is 0 Å². The fourth-order valence-electron chi connectivity index (χ4n) is 1.99. The van der Waals surface area contributed by atoms with Crippen LogP contribution in [0.15, 0.2) is 48.5 Å². The van der Waals surface area contributed by atoms with Gasteiger partial charge in [0.25, 0.3) is 0 Å². The van der Waals surface area contributed by atoms with Crippen molar-refractivity contribution in [2.45, 2.75) is 27.7 Å². The Labute approximate surface area is 149 Å². The number of hydrogen-bond donors (Lipinski definition) is 1. The molecule has 0 aliphatic carbocycles. The molecule has 128 valence electrons. The average molecular weight is 374 g/mol. The summed E-state index contributed by atoms with van der Waals surface area (Å²) in [5.41, 5.74) is 5.14. The molecule has 0 saturated carbocycles. The summed E-state index contributed by atoms with van der Waals surface area (Å²) in [6.07, 6.45) is 0. The van der Waals surface area contributed by atoms with Gasteiger partial charge in [-0.1, -0.05) is 0 Å². The number of hydrogen-bond acceptors (Lipinski definition) is 2. The van der Waals surface area contributed by atoms with Crippen LogP contribution in [0.1, 0.15) is 25.0 Å². The van der Waals surface area contributed by atoms with Crippen molar-refractivity contribution in [3.05, 3.63) is 59.7 Å². The van der Waals surface area contributed by atoms with E-state index in [1.807, 2.05) is 76.2 Å². The Hall–Kier alpha value is -0.630. The van der Waals surface area contributed by atoms with E-state index in [-0.39, 0.29) is 0 Å². The molecule has 0 fully saturated rings. The van der Waals surface area contributed by atoms with Crippen molar-refractivity contribution in [2.24, 2.45) is 5.50 Å². The van der Waals surface area contributed by atoms with Crippen molar-refractivity contribution in [3.8, 4) is 0 Å². The quantitative estimate of drug-likeness (QED) is 0.762. The molecule has 0 radical (unpaired) electrons. The molecule has 2 rings (SSSR count). The van der Waals surface area contributed by atoms with Crippen LogP contribution in [0.5, 0.6) is 0 Å². The predicted octanol–water partition coefficient (Wildman–Crippen LogP) is 5.03. The average Bonchev–Trinajstić information content (AvgIpc) is 2.49. The summed E-state index contributed by atoms with van der Waals surface area (Å²) >= 11 is 13.2. The number of halogens is 2. The molecule has 0 unspecified atom stereocenters. The molecule has 0 saturated heterocycles. The van der Waals surface area contributed by atoms with E-state index in [0.717, 1.165) is 34.9 Å². The standard InChI is InChI=1S/C14H16Cl2NP.C4H10O/c1-11-3-7-13(8-4-11)18(15,16,17)14-9-5-12(2)6-10-14;1-3-5-4-2/h3-10H,17H2,1-2H3;3-4H2,1-2H3. The van der Waals surface area contributed by atoms with E-state index in [0.29, 0.717) is 0 Å². The van der Waals surface area contributed by atoms with Crippen molar-refractivity contribution in [2.75, 3.05) is 13.2 Å². The molecule has 0 atom stereocenters. The maximum absolute atomic E-state index is 6.62. The first kappa shape index (κ1) is 20.4. The second-order valence-electron chi connectivity index (χ2n) is 5.42. The Morgan fingerprint density at radius 3 is 1.30 bits per heavy atom. The second kappa shape index (κ2) is 8.46. The molecule has 2 nitrogen and oxygen atoms in total. The van der Waals surface area contributed by atoms with E-state index in [1.165, 1.54) is 0 Å². The molecular formula is C18H26Cl2NOP. The van der Waals surface area contributed by atoms with Crippen LogP contribution in [0.4, 0.5) is 0 Å². The summed E-state index contributed by atoms with van der Waals surface area (Å²) in [4.78, 5) is 0. The maximum atomic E-state index is 6.62. The first-order valence-corrected chi connectivity index (χ1v) is 11.8. The summed E-state index contributed by atoms with van der Waals surface area (Å²) in [5.74, 6) is 0. The van der Waals surface area contributed by atoms with Crippen molar-refractivity contribution < 1.29 is 4.74 Å². The van der Waals surface area contributed by atoms with Crippen LogP contribution < -0.4 is 16.1 Å². The molecule has 0 aliphatic rings. The van der Waals surface area contributed by atoms with Crippen LogP contribution >= 0.6 is 27.9 Å².